The molecule has 0 fully saturated rings. The Balaban J connectivity index is 2.33. The van der Waals surface area contributed by atoms with E-state index in [2.05, 4.69) is 0 Å². The normalized spacial score (nSPS) is 13.6. The Kier molecular flexibility index (Phi) is 3.57. The van der Waals surface area contributed by atoms with Gasteiger partial charge in [-0.1, -0.05) is 55.8 Å². The number of hydrogen-bond acceptors (Lipinski definition) is 2. The molecular formula is C14H15ClOS. The van der Waals surface area contributed by atoms with Crippen LogP contribution in [-0.2, 0) is 5.41 Å². The quantitative estimate of drug-likeness (QED) is 0.872. The lowest BCUT2D eigenvalue weighted by Crippen LogP contribution is -2.26. The molecule has 1 atom stereocenters. The lowest BCUT2D eigenvalue weighted by Gasteiger charge is -2.30. The Labute approximate surface area is 111 Å². The summed E-state index contributed by atoms with van der Waals surface area (Å²) in [6.07, 6.45) is -0.539. The molecule has 0 spiro atoms. The predicted molar refractivity (Wildman–Crippen MR) is 73.8 cm³/mol. The van der Waals surface area contributed by atoms with Crippen LogP contribution in [0.3, 0.4) is 0 Å². The van der Waals surface area contributed by atoms with Gasteiger partial charge in [0.15, 0.2) is 0 Å². The standard InChI is InChI=1S/C14H15ClOS/c1-14(2,10-6-4-3-5-7-10)13(16)11-8-9-12(15)17-11/h3-9,13,16H,1-2H3. The molecule has 17 heavy (non-hydrogen) atoms. The fraction of sp³-hybridized carbons (Fsp3) is 0.286. The molecule has 2 rings (SSSR count). The van der Waals surface area contributed by atoms with Crippen molar-refractivity contribution in [2.45, 2.75) is 25.4 Å². The second-order valence-electron chi connectivity index (χ2n) is 4.63. The first-order chi connectivity index (χ1) is 8.01. The summed E-state index contributed by atoms with van der Waals surface area (Å²) in [4.78, 5) is 0.906. The molecule has 2 aromatic rings. The number of hydrogen-bond donors (Lipinski definition) is 1. The van der Waals surface area contributed by atoms with E-state index in [1.165, 1.54) is 11.3 Å². The van der Waals surface area contributed by atoms with E-state index in [0.29, 0.717) is 4.34 Å². The van der Waals surface area contributed by atoms with Crippen LogP contribution in [0.15, 0.2) is 42.5 Å². The largest absolute Gasteiger partial charge is 0.387 e. The maximum absolute atomic E-state index is 10.5. The van der Waals surface area contributed by atoms with Crippen LogP contribution in [0.2, 0.25) is 4.34 Å². The monoisotopic (exact) mass is 266 g/mol. The molecule has 1 N–H and O–H groups in total. The van der Waals surface area contributed by atoms with E-state index in [1.54, 1.807) is 0 Å². The second kappa shape index (κ2) is 4.81. The number of thiophene rings is 1. The molecule has 0 amide bonds. The molecule has 0 aliphatic carbocycles. The highest BCUT2D eigenvalue weighted by molar-refractivity contribution is 7.16. The van der Waals surface area contributed by atoms with Crippen molar-refractivity contribution in [2.24, 2.45) is 0 Å². The van der Waals surface area contributed by atoms with Crippen LogP contribution in [-0.4, -0.2) is 5.11 Å². The molecule has 3 heteroatoms. The van der Waals surface area contributed by atoms with Crippen molar-refractivity contribution in [1.29, 1.82) is 0 Å². The van der Waals surface area contributed by atoms with E-state index in [1.807, 2.05) is 56.3 Å². The predicted octanol–water partition coefficient (Wildman–Crippen LogP) is 4.41. The smallest absolute Gasteiger partial charge is 0.0973 e. The summed E-state index contributed by atoms with van der Waals surface area (Å²) in [5.41, 5.74) is 0.798. The zero-order valence-corrected chi connectivity index (χ0v) is 11.4. The van der Waals surface area contributed by atoms with Crippen molar-refractivity contribution in [3.8, 4) is 0 Å². The molecule has 1 unspecified atom stereocenters. The number of halogens is 1. The lowest BCUT2D eigenvalue weighted by molar-refractivity contribution is 0.104. The first kappa shape index (κ1) is 12.6. The van der Waals surface area contributed by atoms with E-state index >= 15 is 0 Å². The molecule has 0 aliphatic heterocycles. The second-order valence-corrected chi connectivity index (χ2v) is 6.38. The Morgan fingerprint density at radius 3 is 2.29 bits per heavy atom. The third-order valence-electron chi connectivity index (χ3n) is 3.06. The first-order valence-corrected chi connectivity index (χ1v) is 6.70. The van der Waals surface area contributed by atoms with E-state index in [0.717, 1.165) is 10.4 Å². The van der Waals surface area contributed by atoms with Crippen LogP contribution >= 0.6 is 22.9 Å². The molecular weight excluding hydrogens is 252 g/mol. The van der Waals surface area contributed by atoms with Gasteiger partial charge in [0.05, 0.1) is 10.4 Å². The first-order valence-electron chi connectivity index (χ1n) is 5.50. The van der Waals surface area contributed by atoms with Crippen molar-refractivity contribution in [2.75, 3.05) is 0 Å². The topological polar surface area (TPSA) is 20.2 Å². The molecule has 1 aromatic heterocycles. The summed E-state index contributed by atoms with van der Waals surface area (Å²) in [6.45, 7) is 4.08. The van der Waals surface area contributed by atoms with Crippen LogP contribution < -0.4 is 0 Å². The SMILES string of the molecule is CC(C)(c1ccccc1)C(O)c1ccc(Cl)s1. The van der Waals surface area contributed by atoms with Gasteiger partial charge < -0.3 is 5.11 Å². The third-order valence-corrected chi connectivity index (χ3v) is 4.35. The van der Waals surface area contributed by atoms with Gasteiger partial charge in [-0.15, -0.1) is 11.3 Å². The van der Waals surface area contributed by atoms with Gasteiger partial charge in [-0.05, 0) is 17.7 Å². The average Bonchev–Trinajstić information content (AvgIpc) is 2.76. The summed E-state index contributed by atoms with van der Waals surface area (Å²) in [6, 6.07) is 13.8. The summed E-state index contributed by atoms with van der Waals surface area (Å²) in [7, 11) is 0. The minimum absolute atomic E-state index is 0.324. The third kappa shape index (κ3) is 2.54. The van der Waals surface area contributed by atoms with E-state index in [4.69, 9.17) is 11.6 Å². The maximum atomic E-state index is 10.5. The zero-order chi connectivity index (χ0) is 12.5. The fourth-order valence-electron chi connectivity index (χ4n) is 1.86. The lowest BCUT2D eigenvalue weighted by atomic mass is 9.79. The molecule has 1 heterocycles. The van der Waals surface area contributed by atoms with Gasteiger partial charge in [0.25, 0.3) is 0 Å². The number of rotatable bonds is 3. The molecule has 1 aromatic carbocycles. The van der Waals surface area contributed by atoms with Crippen LogP contribution in [0.1, 0.15) is 30.4 Å². The maximum Gasteiger partial charge on any atom is 0.0973 e. The zero-order valence-electron chi connectivity index (χ0n) is 9.85. The Morgan fingerprint density at radius 2 is 1.76 bits per heavy atom. The average molecular weight is 267 g/mol. The highest BCUT2D eigenvalue weighted by atomic mass is 35.5. The summed E-state index contributed by atoms with van der Waals surface area (Å²) in [5, 5.41) is 10.5. The number of aliphatic hydroxyl groups is 1. The van der Waals surface area contributed by atoms with Gasteiger partial charge in [0, 0.05) is 10.3 Å². The van der Waals surface area contributed by atoms with Crippen LogP contribution in [0.25, 0.3) is 0 Å². The molecule has 1 nitrogen and oxygen atoms in total. The minimum atomic E-state index is -0.539. The number of benzene rings is 1. The number of aliphatic hydroxyl groups excluding tert-OH is 1. The summed E-state index contributed by atoms with van der Waals surface area (Å²) in [5.74, 6) is 0. The van der Waals surface area contributed by atoms with Crippen molar-refractivity contribution < 1.29 is 5.11 Å². The van der Waals surface area contributed by atoms with Crippen LogP contribution in [0.4, 0.5) is 0 Å². The van der Waals surface area contributed by atoms with Crippen LogP contribution in [0, 0.1) is 0 Å². The van der Waals surface area contributed by atoms with Gasteiger partial charge in [-0.25, -0.2) is 0 Å². The molecule has 0 saturated carbocycles. The van der Waals surface area contributed by atoms with Crippen molar-refractivity contribution in [3.63, 3.8) is 0 Å². The Morgan fingerprint density at radius 1 is 1.12 bits per heavy atom. The van der Waals surface area contributed by atoms with Gasteiger partial charge >= 0.3 is 0 Å². The van der Waals surface area contributed by atoms with E-state index in [-0.39, 0.29) is 5.41 Å². The van der Waals surface area contributed by atoms with E-state index in [9.17, 15) is 5.11 Å². The van der Waals surface area contributed by atoms with Gasteiger partial charge in [0.1, 0.15) is 0 Å². The van der Waals surface area contributed by atoms with Crippen molar-refractivity contribution >= 4 is 22.9 Å². The molecule has 0 bridgehead atoms. The van der Waals surface area contributed by atoms with Gasteiger partial charge in [-0.3, -0.25) is 0 Å². The fourth-order valence-corrected chi connectivity index (χ4v) is 3.09. The summed E-state index contributed by atoms with van der Waals surface area (Å²) >= 11 is 7.34. The Bertz CT molecular complexity index is 490. The molecule has 0 saturated heterocycles. The minimum Gasteiger partial charge on any atom is -0.387 e. The van der Waals surface area contributed by atoms with Gasteiger partial charge in [0.2, 0.25) is 0 Å². The highest BCUT2D eigenvalue weighted by Crippen LogP contribution is 2.40. The van der Waals surface area contributed by atoms with E-state index < -0.39 is 6.10 Å². The highest BCUT2D eigenvalue weighted by Gasteiger charge is 2.31. The van der Waals surface area contributed by atoms with Gasteiger partial charge in [-0.2, -0.15) is 0 Å². The van der Waals surface area contributed by atoms with Crippen molar-refractivity contribution in [3.05, 3.63) is 57.2 Å². The van der Waals surface area contributed by atoms with Crippen molar-refractivity contribution in [1.82, 2.24) is 0 Å². The summed E-state index contributed by atoms with van der Waals surface area (Å²) < 4.78 is 0.711. The Hall–Kier alpha value is -0.830. The van der Waals surface area contributed by atoms with Crippen LogP contribution in [0.5, 0.6) is 0 Å². The molecule has 0 aliphatic rings. The molecule has 90 valence electrons. The molecule has 0 radical (unpaired) electrons.